The van der Waals surface area contributed by atoms with Gasteiger partial charge in [0.2, 0.25) is 0 Å². The van der Waals surface area contributed by atoms with Gasteiger partial charge in [0, 0.05) is 0 Å². The first-order chi connectivity index (χ1) is 10.2. The molecule has 120 valence electrons. The lowest BCUT2D eigenvalue weighted by Gasteiger charge is -2.20. The van der Waals surface area contributed by atoms with Crippen LogP contribution in [0.5, 0.6) is 11.5 Å². The zero-order valence-corrected chi connectivity index (χ0v) is 14.0. The van der Waals surface area contributed by atoms with E-state index in [2.05, 4.69) is 26.1 Å². The number of para-hydroxylation sites is 2. The first-order valence-electron chi connectivity index (χ1n) is 8.13. The van der Waals surface area contributed by atoms with Crippen molar-refractivity contribution in [1.82, 2.24) is 5.32 Å². The highest BCUT2D eigenvalue weighted by atomic mass is 16.5. The summed E-state index contributed by atoms with van der Waals surface area (Å²) < 4.78 is 11.2. The molecule has 1 unspecified atom stereocenters. The lowest BCUT2D eigenvalue weighted by atomic mass is 9.94. The summed E-state index contributed by atoms with van der Waals surface area (Å²) in [6.07, 6.45) is 3.51. The van der Waals surface area contributed by atoms with Gasteiger partial charge in [-0.05, 0) is 56.3 Å². The molecule has 0 fully saturated rings. The summed E-state index contributed by atoms with van der Waals surface area (Å²) in [6, 6.07) is 7.84. The topological polar surface area (TPSA) is 30.5 Å². The fraction of sp³-hybridized carbons (Fsp3) is 0.667. The van der Waals surface area contributed by atoms with Crippen LogP contribution in [0.2, 0.25) is 0 Å². The Balaban J connectivity index is 2.40. The summed E-state index contributed by atoms with van der Waals surface area (Å²) in [6.45, 7) is 9.70. The predicted molar refractivity (Wildman–Crippen MR) is 89.2 cm³/mol. The van der Waals surface area contributed by atoms with Gasteiger partial charge >= 0.3 is 0 Å². The zero-order valence-electron chi connectivity index (χ0n) is 14.0. The molecule has 0 amide bonds. The fourth-order valence-electron chi connectivity index (χ4n) is 2.53. The highest BCUT2D eigenvalue weighted by Gasteiger charge is 2.11. The van der Waals surface area contributed by atoms with Gasteiger partial charge in [0.1, 0.15) is 0 Å². The molecule has 0 saturated heterocycles. The molecule has 1 atom stereocenters. The van der Waals surface area contributed by atoms with Crippen LogP contribution < -0.4 is 14.8 Å². The molecule has 1 rings (SSSR count). The highest BCUT2D eigenvalue weighted by molar-refractivity contribution is 5.39. The number of ether oxygens (including phenoxy) is 2. The van der Waals surface area contributed by atoms with Gasteiger partial charge in [-0.2, -0.15) is 0 Å². The normalized spacial score (nSPS) is 12.4. The first kappa shape index (κ1) is 17.8. The third-order valence-corrected chi connectivity index (χ3v) is 3.52. The van der Waals surface area contributed by atoms with Crippen LogP contribution in [0.25, 0.3) is 0 Å². The summed E-state index contributed by atoms with van der Waals surface area (Å²) >= 11 is 0. The predicted octanol–water partition coefficient (Wildman–Crippen LogP) is 4.13. The van der Waals surface area contributed by atoms with E-state index >= 15 is 0 Å². The second-order valence-corrected chi connectivity index (χ2v) is 5.99. The lowest BCUT2D eigenvalue weighted by Crippen LogP contribution is -2.26. The van der Waals surface area contributed by atoms with Gasteiger partial charge in [0.25, 0.3) is 0 Å². The Hall–Kier alpha value is -1.22. The molecule has 0 radical (unpaired) electrons. The quantitative estimate of drug-likeness (QED) is 0.622. The molecule has 0 bridgehead atoms. The van der Waals surface area contributed by atoms with Gasteiger partial charge in [0.15, 0.2) is 11.5 Å². The minimum Gasteiger partial charge on any atom is -0.493 e. The Morgan fingerprint density at radius 2 is 1.86 bits per heavy atom. The SMILES string of the molecule is CCCNCC(CCOc1ccccc1OC)CC(C)C. The van der Waals surface area contributed by atoms with E-state index in [-0.39, 0.29) is 0 Å². The molecule has 1 aromatic rings. The molecule has 0 spiro atoms. The van der Waals surface area contributed by atoms with E-state index in [1.54, 1.807) is 7.11 Å². The molecule has 3 nitrogen and oxygen atoms in total. The highest BCUT2D eigenvalue weighted by Crippen LogP contribution is 2.26. The van der Waals surface area contributed by atoms with Gasteiger partial charge in [0.05, 0.1) is 13.7 Å². The first-order valence-corrected chi connectivity index (χ1v) is 8.13. The van der Waals surface area contributed by atoms with Crippen LogP contribution in [-0.2, 0) is 0 Å². The van der Waals surface area contributed by atoms with Crippen molar-refractivity contribution in [2.75, 3.05) is 26.8 Å². The van der Waals surface area contributed by atoms with Crippen LogP contribution in [0.4, 0.5) is 0 Å². The van der Waals surface area contributed by atoms with Crippen LogP contribution in [0.1, 0.15) is 40.0 Å². The molecule has 21 heavy (non-hydrogen) atoms. The molecule has 0 heterocycles. The monoisotopic (exact) mass is 293 g/mol. The Morgan fingerprint density at radius 3 is 2.48 bits per heavy atom. The van der Waals surface area contributed by atoms with Crippen molar-refractivity contribution >= 4 is 0 Å². The molecule has 3 heteroatoms. The van der Waals surface area contributed by atoms with Crippen LogP contribution >= 0.6 is 0 Å². The molecular formula is C18H31NO2. The maximum absolute atomic E-state index is 5.89. The molecular weight excluding hydrogens is 262 g/mol. The minimum absolute atomic E-state index is 0.672. The van der Waals surface area contributed by atoms with Gasteiger partial charge in [-0.1, -0.05) is 32.9 Å². The average Bonchev–Trinajstić information content (AvgIpc) is 2.47. The molecule has 1 N–H and O–H groups in total. The van der Waals surface area contributed by atoms with E-state index in [4.69, 9.17) is 9.47 Å². The smallest absolute Gasteiger partial charge is 0.161 e. The summed E-state index contributed by atoms with van der Waals surface area (Å²) in [7, 11) is 1.68. The maximum atomic E-state index is 5.89. The Morgan fingerprint density at radius 1 is 1.14 bits per heavy atom. The minimum atomic E-state index is 0.672. The number of hydrogen-bond acceptors (Lipinski definition) is 3. The largest absolute Gasteiger partial charge is 0.493 e. The molecule has 1 aromatic carbocycles. The van der Waals surface area contributed by atoms with Crippen LogP contribution in [0.15, 0.2) is 24.3 Å². The molecule has 0 aliphatic carbocycles. The molecule has 0 saturated carbocycles. The van der Waals surface area contributed by atoms with Gasteiger partial charge < -0.3 is 14.8 Å². The van der Waals surface area contributed by atoms with Crippen molar-refractivity contribution in [3.63, 3.8) is 0 Å². The van der Waals surface area contributed by atoms with Crippen LogP contribution in [0, 0.1) is 11.8 Å². The van der Waals surface area contributed by atoms with Crippen molar-refractivity contribution in [1.29, 1.82) is 0 Å². The van der Waals surface area contributed by atoms with Gasteiger partial charge in [-0.25, -0.2) is 0 Å². The van der Waals surface area contributed by atoms with E-state index in [0.29, 0.717) is 5.92 Å². The van der Waals surface area contributed by atoms with Crippen molar-refractivity contribution in [2.24, 2.45) is 11.8 Å². The number of rotatable bonds is 11. The van der Waals surface area contributed by atoms with Crippen molar-refractivity contribution < 1.29 is 9.47 Å². The number of benzene rings is 1. The second-order valence-electron chi connectivity index (χ2n) is 5.99. The van der Waals surface area contributed by atoms with Crippen molar-refractivity contribution in [3.8, 4) is 11.5 Å². The fourth-order valence-corrected chi connectivity index (χ4v) is 2.53. The van der Waals surface area contributed by atoms with E-state index in [9.17, 15) is 0 Å². The molecule has 0 aliphatic rings. The summed E-state index contributed by atoms with van der Waals surface area (Å²) in [5.41, 5.74) is 0. The van der Waals surface area contributed by atoms with Gasteiger partial charge in [-0.15, -0.1) is 0 Å². The third kappa shape index (κ3) is 7.37. The van der Waals surface area contributed by atoms with Crippen molar-refractivity contribution in [2.45, 2.75) is 40.0 Å². The second kappa shape index (κ2) is 10.5. The summed E-state index contributed by atoms with van der Waals surface area (Å²) in [4.78, 5) is 0. The average molecular weight is 293 g/mol. The third-order valence-electron chi connectivity index (χ3n) is 3.52. The van der Waals surface area contributed by atoms with E-state index in [1.807, 2.05) is 24.3 Å². The Labute approximate surface area is 130 Å². The standard InChI is InChI=1S/C18H31NO2/c1-5-11-19-14-16(13-15(2)3)10-12-21-18-9-7-6-8-17(18)20-4/h6-9,15-16,19H,5,10-14H2,1-4H3. The van der Waals surface area contributed by atoms with E-state index in [1.165, 1.54) is 12.8 Å². The number of methoxy groups -OCH3 is 1. The number of nitrogens with one attached hydrogen (secondary N) is 1. The molecule has 0 aliphatic heterocycles. The Bertz CT molecular complexity index is 379. The summed E-state index contributed by atoms with van der Waals surface area (Å²) in [5, 5.41) is 3.53. The lowest BCUT2D eigenvalue weighted by molar-refractivity contribution is 0.247. The van der Waals surface area contributed by atoms with Crippen LogP contribution in [0.3, 0.4) is 0 Å². The van der Waals surface area contributed by atoms with E-state index in [0.717, 1.165) is 43.5 Å². The molecule has 0 aromatic heterocycles. The zero-order chi connectivity index (χ0) is 15.5. The van der Waals surface area contributed by atoms with Crippen LogP contribution in [-0.4, -0.2) is 26.8 Å². The maximum Gasteiger partial charge on any atom is 0.161 e. The summed E-state index contributed by atoms with van der Waals surface area (Å²) in [5.74, 6) is 3.04. The Kier molecular flexibility index (Phi) is 8.91. The number of hydrogen-bond donors (Lipinski definition) is 1. The van der Waals surface area contributed by atoms with Crippen molar-refractivity contribution in [3.05, 3.63) is 24.3 Å². The van der Waals surface area contributed by atoms with E-state index < -0.39 is 0 Å². The van der Waals surface area contributed by atoms with Gasteiger partial charge in [-0.3, -0.25) is 0 Å².